The number of hydrogen-bond donors (Lipinski definition) is 2. The summed E-state index contributed by atoms with van der Waals surface area (Å²) < 4.78 is 0. The third-order valence-electron chi connectivity index (χ3n) is 5.42. The highest BCUT2D eigenvalue weighted by atomic mass is 15.2. The summed E-state index contributed by atoms with van der Waals surface area (Å²) in [6.07, 6.45) is 2.21. The van der Waals surface area contributed by atoms with E-state index < -0.39 is 0 Å². The van der Waals surface area contributed by atoms with Gasteiger partial charge in [0.2, 0.25) is 0 Å². The first-order valence-electron chi connectivity index (χ1n) is 9.28. The molecule has 0 aromatic heterocycles. The first-order chi connectivity index (χ1) is 12.5. The lowest BCUT2D eigenvalue weighted by atomic mass is 10.0. The van der Waals surface area contributed by atoms with Crippen LogP contribution in [-0.4, -0.2) is 5.96 Å². The SMILES string of the molecule is CC(C)c1ccc(CN(C(=N)N)c2ccc3c4c(cccc24)CC3)cc1. The summed E-state index contributed by atoms with van der Waals surface area (Å²) in [6, 6.07) is 19.4. The molecule has 132 valence electrons. The Morgan fingerprint density at radius 1 is 1.00 bits per heavy atom. The maximum atomic E-state index is 8.15. The van der Waals surface area contributed by atoms with Gasteiger partial charge >= 0.3 is 0 Å². The van der Waals surface area contributed by atoms with Crippen LogP contribution in [0.15, 0.2) is 54.6 Å². The first kappa shape index (κ1) is 16.6. The average molecular weight is 343 g/mol. The van der Waals surface area contributed by atoms with Gasteiger partial charge in [0.1, 0.15) is 0 Å². The van der Waals surface area contributed by atoms with Crippen LogP contribution in [0.2, 0.25) is 0 Å². The second-order valence-electron chi connectivity index (χ2n) is 7.45. The second-order valence-corrected chi connectivity index (χ2v) is 7.45. The van der Waals surface area contributed by atoms with Crippen LogP contribution in [0, 0.1) is 5.41 Å². The van der Waals surface area contributed by atoms with Gasteiger partial charge in [-0.1, -0.05) is 62.4 Å². The van der Waals surface area contributed by atoms with Crippen molar-refractivity contribution in [1.29, 1.82) is 5.41 Å². The number of benzene rings is 3. The van der Waals surface area contributed by atoms with E-state index in [2.05, 4.69) is 68.4 Å². The Morgan fingerprint density at radius 2 is 1.69 bits per heavy atom. The highest BCUT2D eigenvalue weighted by Crippen LogP contribution is 2.37. The van der Waals surface area contributed by atoms with Crippen molar-refractivity contribution in [2.24, 2.45) is 5.73 Å². The molecule has 3 aromatic rings. The first-order valence-corrected chi connectivity index (χ1v) is 9.28. The summed E-state index contributed by atoms with van der Waals surface area (Å²) in [5.41, 5.74) is 12.3. The van der Waals surface area contributed by atoms with Crippen LogP contribution in [0.25, 0.3) is 10.8 Å². The quantitative estimate of drug-likeness (QED) is 0.519. The second kappa shape index (κ2) is 6.49. The maximum Gasteiger partial charge on any atom is 0.193 e. The van der Waals surface area contributed by atoms with Crippen LogP contribution in [0.1, 0.15) is 42.0 Å². The molecule has 0 bridgehead atoms. The summed E-state index contributed by atoms with van der Waals surface area (Å²) in [4.78, 5) is 1.91. The molecule has 0 saturated heterocycles. The van der Waals surface area contributed by atoms with Crippen molar-refractivity contribution >= 4 is 22.4 Å². The van der Waals surface area contributed by atoms with Crippen molar-refractivity contribution in [2.75, 3.05) is 4.90 Å². The van der Waals surface area contributed by atoms with E-state index in [1.165, 1.54) is 27.5 Å². The highest BCUT2D eigenvalue weighted by Gasteiger charge is 2.20. The molecule has 3 aromatic carbocycles. The fourth-order valence-electron chi connectivity index (χ4n) is 3.96. The number of aryl methyl sites for hydroxylation is 2. The predicted molar refractivity (Wildman–Crippen MR) is 110 cm³/mol. The van der Waals surface area contributed by atoms with E-state index in [1.807, 2.05) is 4.90 Å². The van der Waals surface area contributed by atoms with E-state index in [0.29, 0.717) is 12.5 Å². The summed E-state index contributed by atoms with van der Waals surface area (Å²) in [5, 5.41) is 10.7. The number of nitrogens with one attached hydrogen (secondary N) is 1. The molecule has 3 N–H and O–H groups in total. The van der Waals surface area contributed by atoms with Crippen LogP contribution in [-0.2, 0) is 19.4 Å². The third kappa shape index (κ3) is 2.84. The number of hydrogen-bond acceptors (Lipinski definition) is 1. The fourth-order valence-corrected chi connectivity index (χ4v) is 3.96. The number of guanidine groups is 1. The van der Waals surface area contributed by atoms with E-state index in [-0.39, 0.29) is 5.96 Å². The molecule has 26 heavy (non-hydrogen) atoms. The Kier molecular flexibility index (Phi) is 4.15. The minimum atomic E-state index is 0.0802. The molecule has 4 rings (SSSR count). The van der Waals surface area contributed by atoms with E-state index in [0.717, 1.165) is 24.1 Å². The predicted octanol–water partition coefficient (Wildman–Crippen LogP) is 4.96. The largest absolute Gasteiger partial charge is 0.370 e. The molecule has 0 radical (unpaired) electrons. The monoisotopic (exact) mass is 343 g/mol. The number of nitrogens with zero attached hydrogens (tertiary/aromatic N) is 1. The molecule has 0 aliphatic heterocycles. The maximum absolute atomic E-state index is 8.15. The van der Waals surface area contributed by atoms with Crippen LogP contribution in [0.3, 0.4) is 0 Å². The minimum Gasteiger partial charge on any atom is -0.370 e. The molecule has 0 fully saturated rings. The molecule has 0 amide bonds. The zero-order chi connectivity index (χ0) is 18.3. The van der Waals surface area contributed by atoms with Gasteiger partial charge in [0, 0.05) is 5.39 Å². The standard InChI is InChI=1S/C23H25N3/c1-15(2)17-8-6-16(7-9-17)14-26(23(24)25)21-13-12-19-11-10-18-4-3-5-20(21)22(18)19/h3-9,12-13,15H,10-11,14H2,1-2H3,(H3,24,25). The minimum absolute atomic E-state index is 0.0802. The van der Waals surface area contributed by atoms with Crippen molar-refractivity contribution in [3.63, 3.8) is 0 Å². The average Bonchev–Trinajstić information content (AvgIpc) is 3.06. The van der Waals surface area contributed by atoms with Crippen molar-refractivity contribution in [2.45, 2.75) is 39.2 Å². The van der Waals surface area contributed by atoms with Gasteiger partial charge in [-0.05, 0) is 52.5 Å². The Hall–Kier alpha value is -2.81. The lowest BCUT2D eigenvalue weighted by Gasteiger charge is -2.25. The summed E-state index contributed by atoms with van der Waals surface area (Å²) in [7, 11) is 0. The van der Waals surface area contributed by atoms with Crippen LogP contribution >= 0.6 is 0 Å². The zero-order valence-electron chi connectivity index (χ0n) is 15.4. The lowest BCUT2D eigenvalue weighted by Crippen LogP contribution is -2.36. The van der Waals surface area contributed by atoms with E-state index in [4.69, 9.17) is 11.1 Å². The van der Waals surface area contributed by atoms with Crippen molar-refractivity contribution in [3.05, 3.63) is 76.9 Å². The summed E-state index contributed by atoms with van der Waals surface area (Å²) in [5.74, 6) is 0.598. The van der Waals surface area contributed by atoms with E-state index in [1.54, 1.807) is 0 Å². The topological polar surface area (TPSA) is 53.1 Å². The fraction of sp³-hybridized carbons (Fsp3) is 0.261. The van der Waals surface area contributed by atoms with Crippen LogP contribution in [0.4, 0.5) is 5.69 Å². The van der Waals surface area contributed by atoms with Gasteiger partial charge < -0.3 is 10.6 Å². The van der Waals surface area contributed by atoms with Gasteiger partial charge in [0.25, 0.3) is 0 Å². The van der Waals surface area contributed by atoms with Gasteiger partial charge in [-0.3, -0.25) is 5.41 Å². The van der Waals surface area contributed by atoms with Gasteiger partial charge in [-0.15, -0.1) is 0 Å². The van der Waals surface area contributed by atoms with Gasteiger partial charge in [-0.2, -0.15) is 0 Å². The third-order valence-corrected chi connectivity index (χ3v) is 5.42. The molecule has 1 aliphatic rings. The molecule has 0 atom stereocenters. The van der Waals surface area contributed by atoms with Gasteiger partial charge in [-0.25, -0.2) is 0 Å². The van der Waals surface area contributed by atoms with Crippen molar-refractivity contribution < 1.29 is 0 Å². The Labute approximate surface area is 155 Å². The molecule has 0 saturated carbocycles. The summed E-state index contributed by atoms with van der Waals surface area (Å²) in [6.45, 7) is 5.00. The van der Waals surface area contributed by atoms with E-state index >= 15 is 0 Å². The molecular formula is C23H25N3. The Morgan fingerprint density at radius 3 is 2.35 bits per heavy atom. The van der Waals surface area contributed by atoms with Crippen molar-refractivity contribution in [3.8, 4) is 0 Å². The number of rotatable bonds is 4. The summed E-state index contributed by atoms with van der Waals surface area (Å²) >= 11 is 0. The van der Waals surface area contributed by atoms with Gasteiger partial charge in [0.05, 0.1) is 12.2 Å². The Balaban J connectivity index is 1.74. The number of nitrogens with two attached hydrogens (primary N) is 1. The molecule has 3 nitrogen and oxygen atoms in total. The molecule has 3 heteroatoms. The molecule has 1 aliphatic carbocycles. The Bertz CT molecular complexity index is 960. The molecular weight excluding hydrogens is 318 g/mol. The van der Waals surface area contributed by atoms with Crippen LogP contribution in [0.5, 0.6) is 0 Å². The van der Waals surface area contributed by atoms with Crippen LogP contribution < -0.4 is 10.6 Å². The van der Waals surface area contributed by atoms with Crippen molar-refractivity contribution in [1.82, 2.24) is 0 Å². The molecule has 0 spiro atoms. The van der Waals surface area contributed by atoms with Gasteiger partial charge in [0.15, 0.2) is 5.96 Å². The van der Waals surface area contributed by atoms with E-state index in [9.17, 15) is 0 Å². The molecule has 0 unspecified atom stereocenters. The lowest BCUT2D eigenvalue weighted by molar-refractivity contribution is 0.863. The normalized spacial score (nSPS) is 12.7. The smallest absolute Gasteiger partial charge is 0.193 e. The zero-order valence-corrected chi connectivity index (χ0v) is 15.4. The highest BCUT2D eigenvalue weighted by molar-refractivity contribution is 6.06. The molecule has 0 heterocycles. The number of anilines is 1.